The molecule has 9 heteroatoms. The third-order valence-corrected chi connectivity index (χ3v) is 6.17. The quantitative estimate of drug-likeness (QED) is 0.302. The molecular formula is C21H32IN5O2S. The summed E-state index contributed by atoms with van der Waals surface area (Å²) in [5.41, 5.74) is 2.05. The Morgan fingerprint density at radius 1 is 1.40 bits per heavy atom. The molecule has 0 radical (unpaired) electrons. The van der Waals surface area contributed by atoms with Gasteiger partial charge in [0.2, 0.25) is 5.88 Å². The second-order valence-electron chi connectivity index (χ2n) is 7.30. The second kappa shape index (κ2) is 12.4. The van der Waals surface area contributed by atoms with E-state index >= 15 is 0 Å². The molecule has 0 bridgehead atoms. The van der Waals surface area contributed by atoms with Gasteiger partial charge in [0.15, 0.2) is 5.96 Å². The van der Waals surface area contributed by atoms with Gasteiger partial charge >= 0.3 is 0 Å². The minimum atomic E-state index is 0. The lowest BCUT2D eigenvalue weighted by atomic mass is 10.2. The summed E-state index contributed by atoms with van der Waals surface area (Å²) in [7, 11) is 5.50. The molecule has 1 N–H and O–H groups in total. The summed E-state index contributed by atoms with van der Waals surface area (Å²) in [5, 5.41) is 6.48. The molecule has 166 valence electrons. The molecule has 0 saturated heterocycles. The molecule has 30 heavy (non-hydrogen) atoms. The van der Waals surface area contributed by atoms with Gasteiger partial charge in [0.1, 0.15) is 17.2 Å². The highest BCUT2D eigenvalue weighted by molar-refractivity contribution is 14.0. The first-order chi connectivity index (χ1) is 14.1. The number of aliphatic imine (C=N–C) groups is 1. The zero-order valence-corrected chi connectivity index (χ0v) is 21.3. The largest absolute Gasteiger partial charge is 0.474 e. The van der Waals surface area contributed by atoms with E-state index in [1.807, 2.05) is 20.0 Å². The van der Waals surface area contributed by atoms with Crippen molar-refractivity contribution >= 4 is 41.3 Å². The van der Waals surface area contributed by atoms with Crippen molar-refractivity contribution in [2.24, 2.45) is 4.99 Å². The smallest absolute Gasteiger partial charge is 0.218 e. The van der Waals surface area contributed by atoms with Crippen molar-refractivity contribution in [3.05, 3.63) is 40.0 Å². The van der Waals surface area contributed by atoms with Gasteiger partial charge in [0.25, 0.3) is 0 Å². The summed E-state index contributed by atoms with van der Waals surface area (Å²) in [4.78, 5) is 15.6. The molecule has 0 aliphatic heterocycles. The maximum atomic E-state index is 6.14. The van der Waals surface area contributed by atoms with Gasteiger partial charge in [-0.25, -0.2) is 9.97 Å². The van der Waals surface area contributed by atoms with Gasteiger partial charge in [0.05, 0.1) is 12.2 Å². The topological polar surface area (TPSA) is 71.9 Å². The monoisotopic (exact) mass is 545 g/mol. The van der Waals surface area contributed by atoms with Gasteiger partial charge in [0, 0.05) is 44.9 Å². The van der Waals surface area contributed by atoms with Crippen molar-refractivity contribution in [1.82, 2.24) is 20.2 Å². The summed E-state index contributed by atoms with van der Waals surface area (Å²) in [6, 6.07) is 4.00. The van der Waals surface area contributed by atoms with Gasteiger partial charge in [-0.1, -0.05) is 6.07 Å². The minimum Gasteiger partial charge on any atom is -0.474 e. The lowest BCUT2D eigenvalue weighted by molar-refractivity contribution is 0.119. The molecule has 0 spiro atoms. The second-order valence-corrected chi connectivity index (χ2v) is 8.19. The van der Waals surface area contributed by atoms with Crippen LogP contribution in [0.2, 0.25) is 0 Å². The van der Waals surface area contributed by atoms with Crippen LogP contribution in [-0.2, 0) is 17.8 Å². The highest BCUT2D eigenvalue weighted by atomic mass is 127. The lowest BCUT2D eigenvalue weighted by Crippen LogP contribution is -2.38. The summed E-state index contributed by atoms with van der Waals surface area (Å²) in [6.07, 6.45) is 6.80. The van der Waals surface area contributed by atoms with Gasteiger partial charge in [-0.15, -0.1) is 35.3 Å². The Morgan fingerprint density at radius 3 is 2.87 bits per heavy atom. The maximum Gasteiger partial charge on any atom is 0.218 e. The Labute approximate surface area is 200 Å². The predicted molar refractivity (Wildman–Crippen MR) is 132 cm³/mol. The van der Waals surface area contributed by atoms with E-state index in [0.29, 0.717) is 19.2 Å². The van der Waals surface area contributed by atoms with Crippen LogP contribution in [0.1, 0.15) is 55.0 Å². The van der Waals surface area contributed by atoms with Crippen LogP contribution in [0.15, 0.2) is 28.7 Å². The van der Waals surface area contributed by atoms with Crippen molar-refractivity contribution in [1.29, 1.82) is 0 Å². The van der Waals surface area contributed by atoms with E-state index in [4.69, 9.17) is 9.47 Å². The fourth-order valence-electron chi connectivity index (χ4n) is 3.39. The number of thiazole rings is 1. The number of nitrogens with zero attached hydrogens (tertiary/aromatic N) is 4. The zero-order chi connectivity index (χ0) is 20.6. The van der Waals surface area contributed by atoms with Gasteiger partial charge in [-0.2, -0.15) is 0 Å². The molecule has 2 aromatic heterocycles. The Hall–Kier alpha value is -1.46. The summed E-state index contributed by atoms with van der Waals surface area (Å²) in [6.45, 7) is 3.28. The molecule has 1 aliphatic carbocycles. The van der Waals surface area contributed by atoms with E-state index in [2.05, 4.69) is 36.6 Å². The molecule has 1 saturated carbocycles. The van der Waals surface area contributed by atoms with E-state index in [9.17, 15) is 0 Å². The predicted octanol–water partition coefficient (Wildman–Crippen LogP) is 4.39. The molecular weight excluding hydrogens is 513 g/mol. The molecule has 0 amide bonds. The third-order valence-electron chi connectivity index (χ3n) is 5.11. The molecule has 7 nitrogen and oxygen atoms in total. The molecule has 2 heterocycles. The fraction of sp³-hybridized carbons (Fsp3) is 0.571. The van der Waals surface area contributed by atoms with E-state index in [1.165, 1.54) is 12.8 Å². The first kappa shape index (κ1) is 24.8. The number of aromatic nitrogens is 2. The van der Waals surface area contributed by atoms with Crippen molar-refractivity contribution < 1.29 is 9.47 Å². The Balaban J connectivity index is 0.00000320. The zero-order valence-electron chi connectivity index (χ0n) is 18.1. The van der Waals surface area contributed by atoms with Crippen molar-refractivity contribution in [2.75, 3.05) is 21.2 Å². The van der Waals surface area contributed by atoms with E-state index < -0.39 is 0 Å². The van der Waals surface area contributed by atoms with Crippen LogP contribution in [0.25, 0.3) is 0 Å². The van der Waals surface area contributed by atoms with Crippen LogP contribution in [0, 0.1) is 0 Å². The van der Waals surface area contributed by atoms with Gasteiger partial charge in [-0.05, 0) is 38.7 Å². The maximum absolute atomic E-state index is 6.14. The number of hydrogen-bond donors (Lipinski definition) is 1. The third kappa shape index (κ3) is 6.78. The average molecular weight is 545 g/mol. The average Bonchev–Trinajstić information content (AvgIpc) is 3.41. The number of rotatable bonds is 8. The first-order valence-corrected chi connectivity index (χ1v) is 11.0. The Bertz CT molecular complexity index is 810. The summed E-state index contributed by atoms with van der Waals surface area (Å²) in [5.74, 6) is 1.53. The lowest BCUT2D eigenvalue weighted by Gasteiger charge is -2.22. The number of nitrogens with one attached hydrogen (secondary N) is 1. The van der Waals surface area contributed by atoms with Crippen molar-refractivity contribution in [3.63, 3.8) is 0 Å². The van der Waals surface area contributed by atoms with Crippen LogP contribution >= 0.6 is 35.3 Å². The van der Waals surface area contributed by atoms with Crippen LogP contribution in [-0.4, -0.2) is 48.1 Å². The Kier molecular flexibility index (Phi) is 10.3. The number of methoxy groups -OCH3 is 1. The highest BCUT2D eigenvalue weighted by Crippen LogP contribution is 2.25. The highest BCUT2D eigenvalue weighted by Gasteiger charge is 2.19. The number of hydrogen-bond acceptors (Lipinski definition) is 6. The Morgan fingerprint density at radius 2 is 2.17 bits per heavy atom. The number of halogens is 1. The SMILES string of the molecule is CN=C(NCc1cccnc1OC1CCCC1)N(C)Cc1csc(C(C)OC)n1.I. The molecule has 1 aliphatic rings. The standard InChI is InChI=1S/C21H31N5O2S.HI/c1-15(27-4)20-25-17(14-29-20)13-26(3)21(22-2)24-12-16-8-7-11-23-19(16)28-18-9-5-6-10-18;/h7-8,11,14-15,18H,5-6,9-10,12-13H2,1-4H3,(H,22,24);1H. The van der Waals surface area contributed by atoms with Gasteiger partial charge in [-0.3, -0.25) is 4.99 Å². The van der Waals surface area contributed by atoms with Crippen molar-refractivity contribution in [3.8, 4) is 5.88 Å². The van der Waals surface area contributed by atoms with Crippen LogP contribution in [0.5, 0.6) is 5.88 Å². The number of pyridine rings is 1. The first-order valence-electron chi connectivity index (χ1n) is 10.1. The van der Waals surface area contributed by atoms with Crippen LogP contribution in [0.3, 0.4) is 0 Å². The number of guanidine groups is 1. The summed E-state index contributed by atoms with van der Waals surface area (Å²) < 4.78 is 11.5. The molecule has 2 aromatic rings. The number of ether oxygens (including phenoxy) is 2. The van der Waals surface area contributed by atoms with E-state index in [0.717, 1.165) is 40.9 Å². The van der Waals surface area contributed by atoms with Crippen LogP contribution in [0.4, 0.5) is 0 Å². The molecule has 0 aromatic carbocycles. The minimum absolute atomic E-state index is 0. The molecule has 3 rings (SSSR count). The van der Waals surface area contributed by atoms with Crippen LogP contribution < -0.4 is 10.1 Å². The summed E-state index contributed by atoms with van der Waals surface area (Å²) >= 11 is 1.62. The fourth-order valence-corrected chi connectivity index (χ4v) is 4.23. The molecule has 1 atom stereocenters. The van der Waals surface area contributed by atoms with Gasteiger partial charge < -0.3 is 19.7 Å². The molecule has 1 fully saturated rings. The molecule has 1 unspecified atom stereocenters. The van der Waals surface area contributed by atoms with Crippen molar-refractivity contribution in [2.45, 2.75) is 57.9 Å². The normalized spacial score (nSPS) is 15.5. The van der Waals surface area contributed by atoms with E-state index in [1.54, 1.807) is 31.7 Å². The van der Waals surface area contributed by atoms with E-state index in [-0.39, 0.29) is 30.1 Å².